The van der Waals surface area contributed by atoms with Crippen molar-refractivity contribution in [3.05, 3.63) is 18.5 Å². The first-order valence-electron chi connectivity index (χ1n) is 8.43. The van der Waals surface area contributed by atoms with Gasteiger partial charge >= 0.3 is 6.03 Å². The van der Waals surface area contributed by atoms with E-state index < -0.39 is 0 Å². The van der Waals surface area contributed by atoms with Gasteiger partial charge in [-0.1, -0.05) is 0 Å². The average molecular weight is 323 g/mol. The number of aromatic nitrogens is 2. The van der Waals surface area contributed by atoms with Crippen molar-refractivity contribution in [3.63, 3.8) is 0 Å². The van der Waals surface area contributed by atoms with E-state index in [0.717, 1.165) is 26.1 Å². The first kappa shape index (κ1) is 17.7. The number of aryl methyl sites for hydroxylation is 1. The Balaban J connectivity index is 1.58. The molecule has 2 N–H and O–H groups in total. The molecule has 0 spiro atoms. The average Bonchev–Trinajstić information content (AvgIpc) is 3.01. The third kappa shape index (κ3) is 6.19. The Kier molecular flexibility index (Phi) is 6.85. The molecule has 23 heavy (non-hydrogen) atoms. The molecule has 1 saturated heterocycles. The van der Waals surface area contributed by atoms with E-state index in [1.165, 1.54) is 0 Å². The molecule has 0 bridgehead atoms. The van der Waals surface area contributed by atoms with Gasteiger partial charge in [-0.15, -0.1) is 0 Å². The molecule has 0 aromatic carbocycles. The van der Waals surface area contributed by atoms with Gasteiger partial charge in [0.1, 0.15) is 0 Å². The number of amides is 2. The highest BCUT2D eigenvalue weighted by molar-refractivity contribution is 5.73. The number of urea groups is 1. The summed E-state index contributed by atoms with van der Waals surface area (Å²) < 4.78 is 7.60. The normalized spacial score (nSPS) is 23.4. The maximum absolute atomic E-state index is 11.8. The van der Waals surface area contributed by atoms with Gasteiger partial charge in [0.05, 0.1) is 12.2 Å². The Morgan fingerprint density at radius 2 is 2.09 bits per heavy atom. The zero-order valence-corrected chi connectivity index (χ0v) is 14.4. The van der Waals surface area contributed by atoms with Crippen molar-refractivity contribution >= 4 is 6.03 Å². The molecule has 2 rings (SSSR count). The molecular formula is C16H29N5O2. The van der Waals surface area contributed by atoms with Gasteiger partial charge in [-0.3, -0.25) is 9.58 Å². The maximum Gasteiger partial charge on any atom is 0.314 e. The zero-order chi connectivity index (χ0) is 16.7. The Morgan fingerprint density at radius 1 is 1.35 bits per heavy atom. The van der Waals surface area contributed by atoms with E-state index in [-0.39, 0.29) is 18.2 Å². The van der Waals surface area contributed by atoms with E-state index in [4.69, 9.17) is 4.74 Å². The number of hydrogen-bond acceptors (Lipinski definition) is 4. The molecule has 2 amide bonds. The van der Waals surface area contributed by atoms with Crippen LogP contribution in [0.25, 0.3) is 0 Å². The second-order valence-corrected chi connectivity index (χ2v) is 6.32. The molecule has 3 atom stereocenters. The predicted molar refractivity (Wildman–Crippen MR) is 89.3 cm³/mol. The molecule has 7 heteroatoms. The van der Waals surface area contributed by atoms with Crippen molar-refractivity contribution in [2.75, 3.05) is 26.2 Å². The van der Waals surface area contributed by atoms with Crippen LogP contribution in [0.2, 0.25) is 0 Å². The summed E-state index contributed by atoms with van der Waals surface area (Å²) in [6, 6.07) is 2.10. The van der Waals surface area contributed by atoms with E-state index in [9.17, 15) is 4.79 Å². The topological polar surface area (TPSA) is 71.4 Å². The molecule has 0 radical (unpaired) electrons. The summed E-state index contributed by atoms with van der Waals surface area (Å²) in [6.07, 6.45) is 5.04. The number of carbonyl (C=O) groups is 1. The van der Waals surface area contributed by atoms with E-state index in [0.29, 0.717) is 19.1 Å². The van der Waals surface area contributed by atoms with Gasteiger partial charge in [-0.25, -0.2) is 4.79 Å². The van der Waals surface area contributed by atoms with Gasteiger partial charge < -0.3 is 15.4 Å². The van der Waals surface area contributed by atoms with E-state index >= 15 is 0 Å². The Hall–Kier alpha value is -1.60. The van der Waals surface area contributed by atoms with Gasteiger partial charge in [0.2, 0.25) is 0 Å². The summed E-state index contributed by atoms with van der Waals surface area (Å²) in [4.78, 5) is 14.2. The molecule has 0 unspecified atom stereocenters. The first-order chi connectivity index (χ1) is 11.0. The summed E-state index contributed by atoms with van der Waals surface area (Å²) >= 11 is 0. The van der Waals surface area contributed by atoms with Crippen LogP contribution in [0, 0.1) is 0 Å². The standard InChI is InChI=1S/C16H29N5O2/c1-13(20-11-14(2)23-15(3)12-20)10-18-16(22)17-6-4-8-21-9-5-7-19-21/h5,7,9,13-15H,4,6,8,10-12H2,1-3H3,(H2,17,18,22)/t13-,14-,15+/m1/s1. The van der Waals surface area contributed by atoms with Crippen LogP contribution in [0.15, 0.2) is 18.5 Å². The molecule has 0 saturated carbocycles. The highest BCUT2D eigenvalue weighted by Gasteiger charge is 2.25. The van der Waals surface area contributed by atoms with Crippen molar-refractivity contribution < 1.29 is 9.53 Å². The van der Waals surface area contributed by atoms with Crippen LogP contribution in [0.5, 0.6) is 0 Å². The second-order valence-electron chi connectivity index (χ2n) is 6.32. The van der Waals surface area contributed by atoms with Gasteiger partial charge in [0, 0.05) is 51.2 Å². The number of rotatable bonds is 7. The number of nitrogens with one attached hydrogen (secondary N) is 2. The minimum absolute atomic E-state index is 0.105. The molecule has 2 heterocycles. The minimum atomic E-state index is -0.105. The van der Waals surface area contributed by atoms with Gasteiger partial charge in [-0.05, 0) is 33.3 Å². The fraction of sp³-hybridized carbons (Fsp3) is 0.750. The lowest BCUT2D eigenvalue weighted by atomic mass is 10.2. The van der Waals surface area contributed by atoms with Crippen molar-refractivity contribution in [2.45, 2.75) is 52.0 Å². The fourth-order valence-electron chi connectivity index (χ4n) is 2.89. The lowest BCUT2D eigenvalue weighted by Crippen LogP contribution is -2.53. The van der Waals surface area contributed by atoms with E-state index in [1.807, 2.05) is 16.9 Å². The second kappa shape index (κ2) is 8.88. The molecule has 1 aromatic rings. The fourth-order valence-corrected chi connectivity index (χ4v) is 2.89. The molecule has 1 fully saturated rings. The van der Waals surface area contributed by atoms with E-state index in [2.05, 4.69) is 41.4 Å². The lowest BCUT2D eigenvalue weighted by Gasteiger charge is -2.38. The highest BCUT2D eigenvalue weighted by Crippen LogP contribution is 2.13. The summed E-state index contributed by atoms with van der Waals surface area (Å²) in [6.45, 7) is 10.3. The summed E-state index contributed by atoms with van der Waals surface area (Å²) in [5.41, 5.74) is 0. The van der Waals surface area contributed by atoms with E-state index in [1.54, 1.807) is 6.20 Å². The third-order valence-electron chi connectivity index (χ3n) is 4.04. The van der Waals surface area contributed by atoms with Crippen LogP contribution in [0.1, 0.15) is 27.2 Å². The molecule has 130 valence electrons. The van der Waals surface area contributed by atoms with Crippen LogP contribution in [-0.4, -0.2) is 65.1 Å². The number of morpholine rings is 1. The summed E-state index contributed by atoms with van der Waals surface area (Å²) in [5, 5.41) is 9.96. The maximum atomic E-state index is 11.8. The van der Waals surface area contributed by atoms with Crippen LogP contribution in [0.4, 0.5) is 4.79 Å². The van der Waals surface area contributed by atoms with Crippen molar-refractivity contribution in [1.82, 2.24) is 25.3 Å². The minimum Gasteiger partial charge on any atom is -0.373 e. The molecule has 1 aliphatic heterocycles. The van der Waals surface area contributed by atoms with Crippen molar-refractivity contribution in [1.29, 1.82) is 0 Å². The SMILES string of the molecule is C[C@@H]1CN([C@H](C)CNC(=O)NCCCn2cccn2)C[C@H](C)O1. The molecular weight excluding hydrogens is 294 g/mol. The molecule has 1 aromatic heterocycles. The van der Waals surface area contributed by atoms with Gasteiger partial charge in [0.25, 0.3) is 0 Å². The predicted octanol–water partition coefficient (Wildman–Crippen LogP) is 1.07. The van der Waals surface area contributed by atoms with Crippen molar-refractivity contribution in [3.8, 4) is 0 Å². The molecule has 7 nitrogen and oxygen atoms in total. The van der Waals surface area contributed by atoms with Crippen LogP contribution in [-0.2, 0) is 11.3 Å². The Bertz CT molecular complexity index is 455. The van der Waals surface area contributed by atoms with Crippen molar-refractivity contribution in [2.24, 2.45) is 0 Å². The summed E-state index contributed by atoms with van der Waals surface area (Å²) in [7, 11) is 0. The zero-order valence-electron chi connectivity index (χ0n) is 14.4. The Morgan fingerprint density at radius 3 is 2.74 bits per heavy atom. The lowest BCUT2D eigenvalue weighted by molar-refractivity contribution is -0.0778. The van der Waals surface area contributed by atoms with Gasteiger partial charge in [0.15, 0.2) is 0 Å². The smallest absolute Gasteiger partial charge is 0.314 e. The number of nitrogens with zero attached hydrogens (tertiary/aromatic N) is 3. The van der Waals surface area contributed by atoms with Crippen LogP contribution < -0.4 is 10.6 Å². The first-order valence-corrected chi connectivity index (χ1v) is 8.43. The Labute approximate surface area is 138 Å². The monoisotopic (exact) mass is 323 g/mol. The van der Waals surface area contributed by atoms with Crippen LogP contribution in [0.3, 0.4) is 0 Å². The third-order valence-corrected chi connectivity index (χ3v) is 4.04. The largest absolute Gasteiger partial charge is 0.373 e. The number of ether oxygens (including phenoxy) is 1. The quantitative estimate of drug-likeness (QED) is 0.736. The summed E-state index contributed by atoms with van der Waals surface area (Å²) in [5.74, 6) is 0. The number of carbonyl (C=O) groups excluding carboxylic acids is 1. The van der Waals surface area contributed by atoms with Gasteiger partial charge in [-0.2, -0.15) is 5.10 Å². The van der Waals surface area contributed by atoms with Crippen LogP contribution >= 0.6 is 0 Å². The number of hydrogen-bond donors (Lipinski definition) is 2. The molecule has 0 aliphatic carbocycles. The molecule has 1 aliphatic rings. The highest BCUT2D eigenvalue weighted by atomic mass is 16.5.